The maximum Gasteiger partial charge on any atom is 0.407 e. The lowest BCUT2D eigenvalue weighted by Crippen LogP contribution is -2.36. The number of anilines is 1. The van der Waals surface area contributed by atoms with Gasteiger partial charge in [-0.1, -0.05) is 11.8 Å². The minimum atomic E-state index is -0.475. The molecule has 0 saturated carbocycles. The van der Waals surface area contributed by atoms with Gasteiger partial charge in [-0.2, -0.15) is 0 Å². The van der Waals surface area contributed by atoms with E-state index in [4.69, 9.17) is 10.5 Å². The van der Waals surface area contributed by atoms with Gasteiger partial charge in [0.05, 0.1) is 0 Å². The average Bonchev–Trinajstić information content (AvgIpc) is 2.99. The van der Waals surface area contributed by atoms with Crippen LogP contribution in [0, 0.1) is 5.92 Å². The first-order valence-corrected chi connectivity index (χ1v) is 9.36. The Morgan fingerprint density at radius 2 is 2.29 bits per heavy atom. The zero-order valence-electron chi connectivity index (χ0n) is 14.8. The van der Waals surface area contributed by atoms with Crippen molar-refractivity contribution in [1.29, 1.82) is 0 Å². The van der Waals surface area contributed by atoms with Gasteiger partial charge in [0.15, 0.2) is 5.16 Å². The highest BCUT2D eigenvalue weighted by molar-refractivity contribution is 7.98. The third-order valence-corrected chi connectivity index (χ3v) is 4.30. The summed E-state index contributed by atoms with van der Waals surface area (Å²) in [5.41, 5.74) is 6.29. The predicted molar refractivity (Wildman–Crippen MR) is 96.3 cm³/mol. The lowest BCUT2D eigenvalue weighted by Gasteiger charge is -2.22. The summed E-state index contributed by atoms with van der Waals surface area (Å²) >= 11 is 1.52. The molecule has 1 amide bonds. The molecule has 7 nitrogen and oxygen atoms in total. The van der Waals surface area contributed by atoms with Gasteiger partial charge >= 0.3 is 6.09 Å². The summed E-state index contributed by atoms with van der Waals surface area (Å²) in [4.78, 5) is 22.9. The van der Waals surface area contributed by atoms with Gasteiger partial charge in [0.25, 0.3) is 0 Å². The quantitative estimate of drug-likeness (QED) is 0.618. The molecule has 1 aliphatic heterocycles. The average molecular weight is 353 g/mol. The monoisotopic (exact) mass is 353 g/mol. The van der Waals surface area contributed by atoms with E-state index in [0.717, 1.165) is 36.0 Å². The second-order valence-electron chi connectivity index (χ2n) is 6.89. The fraction of sp³-hybridized carbons (Fsp3) is 0.688. The van der Waals surface area contributed by atoms with Crippen LogP contribution < -0.4 is 16.0 Å². The first kappa shape index (κ1) is 18.8. The van der Waals surface area contributed by atoms with Crippen LogP contribution in [0.4, 0.5) is 10.6 Å². The summed E-state index contributed by atoms with van der Waals surface area (Å²) in [7, 11) is 0. The lowest BCUT2D eigenvalue weighted by atomic mass is 10.1. The number of rotatable bonds is 5. The summed E-state index contributed by atoms with van der Waals surface area (Å²) in [6.07, 6.45) is 4.40. The van der Waals surface area contributed by atoms with Crippen LogP contribution in [-0.2, 0) is 11.3 Å². The minimum absolute atomic E-state index is 0.365. The minimum Gasteiger partial charge on any atom is -0.444 e. The molecule has 134 valence electrons. The molecule has 0 radical (unpaired) electrons. The van der Waals surface area contributed by atoms with Gasteiger partial charge in [0, 0.05) is 37.9 Å². The molecule has 2 rings (SSSR count). The smallest absolute Gasteiger partial charge is 0.407 e. The number of alkyl carbamates (subject to hydrolysis) is 1. The molecule has 0 aliphatic carbocycles. The Balaban J connectivity index is 1.92. The van der Waals surface area contributed by atoms with Crippen LogP contribution in [0.5, 0.6) is 0 Å². The van der Waals surface area contributed by atoms with Gasteiger partial charge in [0.1, 0.15) is 11.4 Å². The number of carbonyl (C=O) groups excluding carboxylic acids is 1. The summed E-state index contributed by atoms with van der Waals surface area (Å²) in [6, 6.07) is 0. The molecule has 2 heterocycles. The Labute approximate surface area is 147 Å². The number of amides is 1. The molecule has 1 unspecified atom stereocenters. The number of nitrogens with one attached hydrogen (secondary N) is 1. The highest BCUT2D eigenvalue weighted by Crippen LogP contribution is 2.26. The zero-order chi connectivity index (χ0) is 17.7. The SMILES string of the molecule is CSc1ncc(CN)c(N2CCC(CNC(=O)OC(C)(C)C)C2)n1. The fourth-order valence-electron chi connectivity index (χ4n) is 2.63. The topological polar surface area (TPSA) is 93.4 Å². The Kier molecular flexibility index (Phi) is 6.28. The molecule has 1 atom stereocenters. The fourth-order valence-corrected chi connectivity index (χ4v) is 2.97. The molecule has 24 heavy (non-hydrogen) atoms. The summed E-state index contributed by atoms with van der Waals surface area (Å²) in [6.45, 7) is 8.33. The van der Waals surface area contributed by atoms with E-state index in [0.29, 0.717) is 19.0 Å². The van der Waals surface area contributed by atoms with Gasteiger partial charge in [-0.15, -0.1) is 0 Å². The number of hydrogen-bond acceptors (Lipinski definition) is 7. The normalized spacial score (nSPS) is 17.9. The molecular weight excluding hydrogens is 326 g/mol. The van der Waals surface area contributed by atoms with Gasteiger partial charge in [-0.3, -0.25) is 0 Å². The number of nitrogens with two attached hydrogens (primary N) is 1. The first-order valence-electron chi connectivity index (χ1n) is 8.14. The van der Waals surface area contributed by atoms with Crippen LogP contribution in [0.2, 0.25) is 0 Å². The largest absolute Gasteiger partial charge is 0.444 e. The van der Waals surface area contributed by atoms with Crippen molar-refractivity contribution in [3.63, 3.8) is 0 Å². The molecule has 1 aromatic rings. The molecule has 0 aromatic carbocycles. The third kappa shape index (κ3) is 5.24. The molecule has 0 spiro atoms. The Morgan fingerprint density at radius 1 is 1.54 bits per heavy atom. The Hall–Kier alpha value is -1.54. The Bertz CT molecular complexity index is 576. The van der Waals surface area contributed by atoms with E-state index in [-0.39, 0.29) is 6.09 Å². The van der Waals surface area contributed by atoms with Gasteiger partial charge in [-0.25, -0.2) is 14.8 Å². The van der Waals surface area contributed by atoms with E-state index in [9.17, 15) is 4.79 Å². The van der Waals surface area contributed by atoms with E-state index in [2.05, 4.69) is 20.2 Å². The Morgan fingerprint density at radius 3 is 2.92 bits per heavy atom. The number of carbonyl (C=O) groups is 1. The predicted octanol–water partition coefficient (Wildman–Crippen LogP) is 2.01. The second kappa shape index (κ2) is 8.02. The van der Waals surface area contributed by atoms with Crippen molar-refractivity contribution in [2.75, 3.05) is 30.8 Å². The van der Waals surface area contributed by atoms with Crippen LogP contribution in [0.1, 0.15) is 32.8 Å². The second-order valence-corrected chi connectivity index (χ2v) is 7.67. The summed E-state index contributed by atoms with van der Waals surface area (Å²) in [5, 5.41) is 3.60. The molecule has 1 saturated heterocycles. The van der Waals surface area contributed by atoms with E-state index in [1.807, 2.05) is 27.0 Å². The number of aromatic nitrogens is 2. The molecule has 1 aromatic heterocycles. The van der Waals surface area contributed by atoms with Crippen molar-refractivity contribution >= 4 is 23.7 Å². The van der Waals surface area contributed by atoms with Crippen molar-refractivity contribution in [3.8, 4) is 0 Å². The van der Waals surface area contributed by atoms with Crippen molar-refractivity contribution in [2.45, 2.75) is 44.5 Å². The van der Waals surface area contributed by atoms with Crippen LogP contribution >= 0.6 is 11.8 Å². The summed E-state index contributed by atoms with van der Waals surface area (Å²) < 4.78 is 5.27. The van der Waals surface area contributed by atoms with Gasteiger partial charge < -0.3 is 20.7 Å². The van der Waals surface area contributed by atoms with E-state index in [1.165, 1.54) is 11.8 Å². The van der Waals surface area contributed by atoms with Crippen LogP contribution in [0.15, 0.2) is 11.4 Å². The maximum atomic E-state index is 11.8. The summed E-state index contributed by atoms with van der Waals surface area (Å²) in [5.74, 6) is 1.28. The van der Waals surface area contributed by atoms with Gasteiger partial charge in [0.2, 0.25) is 0 Å². The molecule has 8 heteroatoms. The third-order valence-electron chi connectivity index (χ3n) is 3.74. The van der Waals surface area contributed by atoms with Crippen LogP contribution in [0.3, 0.4) is 0 Å². The molecular formula is C16H27N5O2S. The zero-order valence-corrected chi connectivity index (χ0v) is 15.7. The van der Waals surface area contributed by atoms with Crippen molar-refractivity contribution in [3.05, 3.63) is 11.8 Å². The van der Waals surface area contributed by atoms with Crippen LogP contribution in [0.25, 0.3) is 0 Å². The first-order chi connectivity index (χ1) is 11.3. The number of nitrogens with zero attached hydrogens (tertiary/aromatic N) is 3. The van der Waals surface area contributed by atoms with Crippen molar-refractivity contribution < 1.29 is 9.53 Å². The lowest BCUT2D eigenvalue weighted by molar-refractivity contribution is 0.0520. The van der Waals surface area contributed by atoms with Crippen LogP contribution in [-0.4, -0.2) is 47.6 Å². The van der Waals surface area contributed by atoms with Crippen molar-refractivity contribution in [1.82, 2.24) is 15.3 Å². The molecule has 0 bridgehead atoms. The van der Waals surface area contributed by atoms with Crippen molar-refractivity contribution in [2.24, 2.45) is 11.7 Å². The standard InChI is InChI=1S/C16H27N5O2S/c1-16(2,3)23-15(22)19-8-11-5-6-21(10-11)13-12(7-17)9-18-14(20-13)24-4/h9,11H,5-8,10,17H2,1-4H3,(H,19,22). The van der Waals surface area contributed by atoms with E-state index < -0.39 is 5.60 Å². The van der Waals surface area contributed by atoms with E-state index in [1.54, 1.807) is 6.20 Å². The number of hydrogen-bond donors (Lipinski definition) is 2. The highest BCUT2D eigenvalue weighted by atomic mass is 32.2. The molecule has 1 aliphatic rings. The van der Waals surface area contributed by atoms with Gasteiger partial charge in [-0.05, 0) is 39.4 Å². The molecule has 3 N–H and O–H groups in total. The number of thioether (sulfide) groups is 1. The highest BCUT2D eigenvalue weighted by Gasteiger charge is 2.26. The van der Waals surface area contributed by atoms with E-state index >= 15 is 0 Å². The molecule has 1 fully saturated rings. The maximum absolute atomic E-state index is 11.8. The number of ether oxygens (including phenoxy) is 1.